The van der Waals surface area contributed by atoms with Crippen molar-refractivity contribution in [3.05, 3.63) is 60.3 Å². The van der Waals surface area contributed by atoms with Crippen LogP contribution >= 0.6 is 11.8 Å². The van der Waals surface area contributed by atoms with E-state index in [9.17, 15) is 4.79 Å². The quantitative estimate of drug-likeness (QED) is 0.502. The average molecular weight is 407 g/mol. The zero-order chi connectivity index (χ0) is 20.1. The molecule has 29 heavy (non-hydrogen) atoms. The lowest BCUT2D eigenvalue weighted by Gasteiger charge is -2.19. The van der Waals surface area contributed by atoms with Crippen LogP contribution in [0.4, 0.5) is 0 Å². The van der Waals surface area contributed by atoms with Crippen molar-refractivity contribution in [2.24, 2.45) is 0 Å². The van der Waals surface area contributed by atoms with Gasteiger partial charge in [-0.1, -0.05) is 30.0 Å². The second-order valence-corrected chi connectivity index (χ2v) is 7.81. The third-order valence-corrected chi connectivity index (χ3v) is 5.48. The first kappa shape index (κ1) is 19.3. The summed E-state index contributed by atoms with van der Waals surface area (Å²) in [4.78, 5) is 19.1. The van der Waals surface area contributed by atoms with E-state index in [2.05, 4.69) is 11.2 Å². The second kappa shape index (κ2) is 8.97. The molecule has 148 valence electrons. The highest BCUT2D eigenvalue weighted by Gasteiger charge is 2.30. The summed E-state index contributed by atoms with van der Waals surface area (Å²) in [6, 6.07) is 15.7. The summed E-state index contributed by atoms with van der Waals surface area (Å²) < 4.78 is 7.24. The van der Waals surface area contributed by atoms with Gasteiger partial charge in [-0.25, -0.2) is 9.67 Å². The smallest absolute Gasteiger partial charge is 0.233 e. The molecule has 1 amide bonds. The van der Waals surface area contributed by atoms with Crippen LogP contribution in [-0.4, -0.2) is 37.9 Å². The highest BCUT2D eigenvalue weighted by Crippen LogP contribution is 2.40. The lowest BCUT2D eigenvalue weighted by Crippen LogP contribution is -2.32. The molecule has 0 bridgehead atoms. The molecule has 2 aromatic heterocycles. The van der Waals surface area contributed by atoms with Gasteiger partial charge in [-0.05, 0) is 37.1 Å². The number of aromatic nitrogens is 3. The summed E-state index contributed by atoms with van der Waals surface area (Å²) >= 11 is 1.33. The van der Waals surface area contributed by atoms with Crippen molar-refractivity contribution in [3.8, 4) is 11.8 Å². The van der Waals surface area contributed by atoms with Gasteiger partial charge in [-0.3, -0.25) is 4.79 Å². The molecule has 0 atom stereocenters. The summed E-state index contributed by atoms with van der Waals surface area (Å²) in [5.41, 5.74) is 0.980. The van der Waals surface area contributed by atoms with Crippen LogP contribution in [0.3, 0.4) is 0 Å². The number of benzene rings is 1. The highest BCUT2D eigenvalue weighted by atomic mass is 32.2. The molecule has 1 aromatic carbocycles. The third kappa shape index (κ3) is 4.87. The van der Waals surface area contributed by atoms with Gasteiger partial charge in [-0.15, -0.1) is 5.10 Å². The molecule has 0 N–H and O–H groups in total. The third-order valence-electron chi connectivity index (χ3n) is 4.65. The molecule has 4 rings (SSSR count). The molecular formula is C21H21N5O2S. The number of amides is 1. The molecule has 1 aliphatic carbocycles. The Balaban J connectivity index is 1.44. The van der Waals surface area contributed by atoms with Crippen molar-refractivity contribution in [1.82, 2.24) is 19.7 Å². The SMILES string of the molecule is N#CCCN(Cc1ccco1)C(=O)CSc1nc(C2CC2)n(-c2ccccc2)n1. The van der Waals surface area contributed by atoms with Gasteiger partial charge >= 0.3 is 0 Å². The minimum atomic E-state index is -0.0642. The fourth-order valence-corrected chi connectivity index (χ4v) is 3.75. The lowest BCUT2D eigenvalue weighted by atomic mass is 10.3. The first-order chi connectivity index (χ1) is 14.2. The molecule has 1 fully saturated rings. The minimum absolute atomic E-state index is 0.0642. The van der Waals surface area contributed by atoms with Crippen molar-refractivity contribution in [1.29, 1.82) is 5.26 Å². The summed E-state index contributed by atoms with van der Waals surface area (Å²) in [5.74, 6) is 2.26. The van der Waals surface area contributed by atoms with Crippen LogP contribution in [-0.2, 0) is 11.3 Å². The largest absolute Gasteiger partial charge is 0.467 e. The van der Waals surface area contributed by atoms with Crippen molar-refractivity contribution in [3.63, 3.8) is 0 Å². The molecule has 0 spiro atoms. The van der Waals surface area contributed by atoms with E-state index in [1.54, 1.807) is 17.2 Å². The van der Waals surface area contributed by atoms with Gasteiger partial charge in [0.05, 0.1) is 36.7 Å². The Morgan fingerprint density at radius 3 is 2.79 bits per heavy atom. The fraction of sp³-hybridized carbons (Fsp3) is 0.333. The minimum Gasteiger partial charge on any atom is -0.467 e. The summed E-state index contributed by atoms with van der Waals surface area (Å²) in [5, 5.41) is 14.1. The van der Waals surface area contributed by atoms with E-state index < -0.39 is 0 Å². The van der Waals surface area contributed by atoms with E-state index in [4.69, 9.17) is 14.7 Å². The summed E-state index contributed by atoms with van der Waals surface area (Å²) in [6.45, 7) is 0.725. The monoisotopic (exact) mass is 407 g/mol. The van der Waals surface area contributed by atoms with Gasteiger partial charge in [0.1, 0.15) is 11.6 Å². The maximum Gasteiger partial charge on any atom is 0.233 e. The van der Waals surface area contributed by atoms with Gasteiger partial charge in [0.15, 0.2) is 0 Å². The van der Waals surface area contributed by atoms with Gasteiger partial charge in [0.2, 0.25) is 11.1 Å². The first-order valence-corrected chi connectivity index (χ1v) is 10.6. The van der Waals surface area contributed by atoms with Crippen LogP contribution in [0.25, 0.3) is 5.69 Å². The van der Waals surface area contributed by atoms with Gasteiger partial charge in [-0.2, -0.15) is 5.26 Å². The van der Waals surface area contributed by atoms with Crippen LogP contribution < -0.4 is 0 Å². The standard InChI is InChI=1S/C21H21N5O2S/c22-11-5-12-25(14-18-8-4-13-28-18)19(27)15-29-21-23-20(16-9-10-16)26(24-21)17-6-2-1-3-7-17/h1-4,6-8,13,16H,5,9-10,12,14-15H2. The Hall–Kier alpha value is -3.05. The zero-order valence-electron chi connectivity index (χ0n) is 15.9. The Kier molecular flexibility index (Phi) is 5.96. The van der Waals surface area contributed by atoms with E-state index in [1.807, 2.05) is 41.1 Å². The van der Waals surface area contributed by atoms with Crippen LogP contribution in [0.2, 0.25) is 0 Å². The van der Waals surface area contributed by atoms with Gasteiger partial charge in [0.25, 0.3) is 0 Å². The van der Waals surface area contributed by atoms with Crippen molar-refractivity contribution >= 4 is 17.7 Å². The topological polar surface area (TPSA) is 88.0 Å². The molecule has 8 heteroatoms. The molecule has 1 aliphatic rings. The number of nitrogens with zero attached hydrogens (tertiary/aromatic N) is 5. The Labute approximate surface area is 173 Å². The van der Waals surface area contributed by atoms with Crippen LogP contribution in [0.15, 0.2) is 58.3 Å². The predicted octanol–water partition coefficient (Wildman–Crippen LogP) is 3.77. The van der Waals surface area contributed by atoms with E-state index in [0.717, 1.165) is 24.4 Å². The second-order valence-electron chi connectivity index (χ2n) is 6.87. The number of rotatable bonds is 9. The molecule has 1 saturated carbocycles. The molecule has 3 aromatic rings. The van der Waals surface area contributed by atoms with Crippen LogP contribution in [0, 0.1) is 11.3 Å². The van der Waals surface area contributed by atoms with Gasteiger partial charge in [0, 0.05) is 12.5 Å². The normalized spacial score (nSPS) is 13.2. The van der Waals surface area contributed by atoms with Gasteiger partial charge < -0.3 is 9.32 Å². The number of para-hydroxylation sites is 1. The summed E-state index contributed by atoms with van der Waals surface area (Å²) in [7, 11) is 0. The van der Waals surface area contributed by atoms with E-state index in [0.29, 0.717) is 29.9 Å². The molecular weight excluding hydrogens is 386 g/mol. The Morgan fingerprint density at radius 1 is 1.28 bits per heavy atom. The molecule has 0 radical (unpaired) electrons. The lowest BCUT2D eigenvalue weighted by molar-refractivity contribution is -0.129. The van der Waals surface area contributed by atoms with Crippen LogP contribution in [0.1, 0.15) is 36.8 Å². The van der Waals surface area contributed by atoms with Crippen molar-refractivity contribution in [2.45, 2.75) is 36.9 Å². The Bertz CT molecular complexity index is 990. The average Bonchev–Trinajstić information content (AvgIpc) is 3.30. The van der Waals surface area contributed by atoms with Crippen molar-refractivity contribution in [2.75, 3.05) is 12.3 Å². The number of hydrogen-bond donors (Lipinski definition) is 0. The molecule has 7 nitrogen and oxygen atoms in total. The number of hydrogen-bond acceptors (Lipinski definition) is 6. The van der Waals surface area contributed by atoms with E-state index >= 15 is 0 Å². The molecule has 2 heterocycles. The van der Waals surface area contributed by atoms with Crippen molar-refractivity contribution < 1.29 is 9.21 Å². The molecule has 0 saturated heterocycles. The fourth-order valence-electron chi connectivity index (χ4n) is 3.02. The maximum absolute atomic E-state index is 12.7. The number of carbonyl (C=O) groups excluding carboxylic acids is 1. The molecule has 0 unspecified atom stereocenters. The first-order valence-electron chi connectivity index (χ1n) is 9.57. The number of nitriles is 1. The zero-order valence-corrected chi connectivity index (χ0v) is 16.7. The number of furan rings is 1. The van der Waals surface area contributed by atoms with Crippen LogP contribution in [0.5, 0.6) is 0 Å². The number of thioether (sulfide) groups is 1. The number of carbonyl (C=O) groups is 1. The Morgan fingerprint density at radius 2 is 2.10 bits per heavy atom. The highest BCUT2D eigenvalue weighted by molar-refractivity contribution is 7.99. The molecule has 0 aliphatic heterocycles. The maximum atomic E-state index is 12.7. The predicted molar refractivity (Wildman–Crippen MR) is 108 cm³/mol. The van der Waals surface area contributed by atoms with E-state index in [-0.39, 0.29) is 18.1 Å². The summed E-state index contributed by atoms with van der Waals surface area (Å²) in [6.07, 6.45) is 4.11. The van der Waals surface area contributed by atoms with E-state index in [1.165, 1.54) is 11.8 Å².